The van der Waals surface area contributed by atoms with Gasteiger partial charge in [0.05, 0.1) is 6.54 Å². The summed E-state index contributed by atoms with van der Waals surface area (Å²) in [7, 11) is 0. The summed E-state index contributed by atoms with van der Waals surface area (Å²) in [4.78, 5) is 8.84. The molecule has 1 N–H and O–H groups in total. The lowest BCUT2D eigenvalue weighted by atomic mass is 10.2. The van der Waals surface area contributed by atoms with Crippen molar-refractivity contribution < 1.29 is 5.11 Å². The van der Waals surface area contributed by atoms with Crippen LogP contribution in [-0.4, -0.2) is 19.6 Å². The summed E-state index contributed by atoms with van der Waals surface area (Å²) in [5, 5.41) is 9.28. The van der Waals surface area contributed by atoms with Gasteiger partial charge < -0.3 is 9.67 Å². The van der Waals surface area contributed by atoms with E-state index in [-0.39, 0.29) is 5.75 Å². The predicted molar refractivity (Wildman–Crippen MR) is 69.5 cm³/mol. The minimum Gasteiger partial charge on any atom is -0.508 e. The zero-order valence-corrected chi connectivity index (χ0v) is 10.0. The lowest BCUT2D eigenvalue weighted by molar-refractivity contribution is 0.475. The Balaban J connectivity index is 2.04. The molecule has 0 atom stereocenters. The van der Waals surface area contributed by atoms with E-state index in [4.69, 9.17) is 0 Å². The number of fused-ring (bicyclic) bond motifs is 1. The first-order valence-corrected chi connectivity index (χ1v) is 5.80. The fourth-order valence-electron chi connectivity index (χ4n) is 2.04. The highest BCUT2D eigenvalue weighted by atomic mass is 16.3. The topological polar surface area (TPSA) is 50.9 Å². The smallest absolute Gasteiger partial charge is 0.160 e. The van der Waals surface area contributed by atoms with E-state index in [9.17, 15) is 5.11 Å². The molecule has 2 aromatic heterocycles. The normalized spacial score (nSPS) is 10.9. The van der Waals surface area contributed by atoms with Crippen molar-refractivity contribution in [2.45, 2.75) is 13.5 Å². The second kappa shape index (κ2) is 4.14. The Bertz CT molecular complexity index is 686. The molecule has 0 aliphatic heterocycles. The van der Waals surface area contributed by atoms with Gasteiger partial charge in [-0.25, -0.2) is 9.97 Å². The summed E-state index contributed by atoms with van der Waals surface area (Å²) in [6.45, 7) is 2.68. The van der Waals surface area contributed by atoms with Gasteiger partial charge in [-0.05, 0) is 36.8 Å². The minimum absolute atomic E-state index is 0.282. The fourth-order valence-corrected chi connectivity index (χ4v) is 2.04. The molecule has 0 aliphatic carbocycles. The zero-order chi connectivity index (χ0) is 12.5. The summed E-state index contributed by atoms with van der Waals surface area (Å²) in [6, 6.07) is 11.0. The predicted octanol–water partition coefficient (Wildman–Crippen LogP) is 2.49. The molecule has 0 radical (unpaired) electrons. The van der Waals surface area contributed by atoms with Gasteiger partial charge in [0.25, 0.3) is 0 Å². The number of benzene rings is 1. The average molecular weight is 239 g/mol. The third kappa shape index (κ3) is 1.82. The van der Waals surface area contributed by atoms with Crippen LogP contribution in [0.25, 0.3) is 11.2 Å². The van der Waals surface area contributed by atoms with Crippen molar-refractivity contribution in [3.8, 4) is 5.75 Å². The van der Waals surface area contributed by atoms with Gasteiger partial charge in [0.15, 0.2) is 5.65 Å². The molecule has 3 aromatic rings. The van der Waals surface area contributed by atoms with Crippen molar-refractivity contribution in [2.24, 2.45) is 0 Å². The van der Waals surface area contributed by atoms with Crippen molar-refractivity contribution in [3.05, 3.63) is 54.0 Å². The van der Waals surface area contributed by atoms with Crippen LogP contribution in [0.4, 0.5) is 0 Å². The Morgan fingerprint density at radius 2 is 1.94 bits per heavy atom. The molecule has 0 saturated heterocycles. The highest BCUT2D eigenvalue weighted by molar-refractivity contribution is 5.71. The first-order chi connectivity index (χ1) is 8.74. The van der Waals surface area contributed by atoms with Crippen molar-refractivity contribution in [2.75, 3.05) is 0 Å². The van der Waals surface area contributed by atoms with Crippen molar-refractivity contribution in [3.63, 3.8) is 0 Å². The Morgan fingerprint density at radius 1 is 1.17 bits per heavy atom. The van der Waals surface area contributed by atoms with E-state index in [0.29, 0.717) is 6.54 Å². The number of hydrogen-bond acceptors (Lipinski definition) is 3. The van der Waals surface area contributed by atoms with E-state index < -0.39 is 0 Å². The van der Waals surface area contributed by atoms with Crippen LogP contribution >= 0.6 is 0 Å². The quantitative estimate of drug-likeness (QED) is 0.747. The maximum atomic E-state index is 9.28. The molecular formula is C14H13N3O. The van der Waals surface area contributed by atoms with Crippen LogP contribution in [0.5, 0.6) is 5.75 Å². The lowest BCUT2D eigenvalue weighted by Gasteiger charge is -2.06. The molecule has 4 heteroatoms. The largest absolute Gasteiger partial charge is 0.508 e. The molecule has 2 heterocycles. The number of imidazole rings is 1. The molecule has 0 amide bonds. The van der Waals surface area contributed by atoms with Crippen LogP contribution in [-0.2, 0) is 6.54 Å². The first kappa shape index (κ1) is 10.8. The molecule has 0 spiro atoms. The number of pyridine rings is 1. The second-order valence-electron chi connectivity index (χ2n) is 4.26. The van der Waals surface area contributed by atoms with Gasteiger partial charge in [-0.15, -0.1) is 0 Å². The average Bonchev–Trinajstić information content (AvgIpc) is 2.69. The van der Waals surface area contributed by atoms with Crippen LogP contribution in [0.1, 0.15) is 11.4 Å². The highest BCUT2D eigenvalue weighted by Crippen LogP contribution is 2.16. The molecule has 0 fully saturated rings. The molecule has 0 aliphatic rings. The van der Waals surface area contributed by atoms with Gasteiger partial charge in [-0.1, -0.05) is 12.1 Å². The van der Waals surface area contributed by atoms with Crippen molar-refractivity contribution in [1.82, 2.24) is 14.5 Å². The number of aryl methyl sites for hydroxylation is 1. The summed E-state index contributed by atoms with van der Waals surface area (Å²) in [5.74, 6) is 1.22. The summed E-state index contributed by atoms with van der Waals surface area (Å²) in [5.41, 5.74) is 2.91. The number of nitrogens with zero attached hydrogens (tertiary/aromatic N) is 3. The molecule has 0 saturated carbocycles. The van der Waals surface area contributed by atoms with Gasteiger partial charge in [-0.3, -0.25) is 0 Å². The number of aromatic nitrogens is 3. The fraction of sp³-hybridized carbons (Fsp3) is 0.143. The molecule has 0 bridgehead atoms. The Labute approximate surface area is 105 Å². The Hall–Kier alpha value is -2.36. The van der Waals surface area contributed by atoms with E-state index in [1.165, 1.54) is 0 Å². The van der Waals surface area contributed by atoms with Crippen LogP contribution in [0.2, 0.25) is 0 Å². The number of aromatic hydroxyl groups is 1. The van der Waals surface area contributed by atoms with Gasteiger partial charge in [0, 0.05) is 6.20 Å². The van der Waals surface area contributed by atoms with Gasteiger partial charge in [0.2, 0.25) is 0 Å². The maximum absolute atomic E-state index is 9.28. The standard InChI is InChI=1S/C14H13N3O/c1-10-16-13-3-2-8-15-14(13)17(10)9-11-4-6-12(18)7-5-11/h2-8,18H,9H2,1H3. The molecule has 90 valence electrons. The first-order valence-electron chi connectivity index (χ1n) is 5.80. The summed E-state index contributed by atoms with van der Waals surface area (Å²) in [6.07, 6.45) is 1.77. The maximum Gasteiger partial charge on any atom is 0.160 e. The molecular weight excluding hydrogens is 226 g/mol. The summed E-state index contributed by atoms with van der Waals surface area (Å²) < 4.78 is 2.07. The van der Waals surface area contributed by atoms with Crippen LogP contribution < -0.4 is 0 Å². The Morgan fingerprint density at radius 3 is 2.72 bits per heavy atom. The zero-order valence-electron chi connectivity index (χ0n) is 10.0. The number of rotatable bonds is 2. The third-order valence-electron chi connectivity index (χ3n) is 2.97. The number of hydrogen-bond donors (Lipinski definition) is 1. The Kier molecular flexibility index (Phi) is 2.48. The van der Waals surface area contributed by atoms with E-state index in [2.05, 4.69) is 14.5 Å². The molecule has 0 unspecified atom stereocenters. The van der Waals surface area contributed by atoms with Crippen LogP contribution in [0.3, 0.4) is 0 Å². The van der Waals surface area contributed by atoms with Crippen LogP contribution in [0.15, 0.2) is 42.6 Å². The SMILES string of the molecule is Cc1nc2cccnc2n1Cc1ccc(O)cc1. The van der Waals surface area contributed by atoms with E-state index in [0.717, 1.165) is 22.6 Å². The van der Waals surface area contributed by atoms with E-state index in [1.54, 1.807) is 18.3 Å². The van der Waals surface area contributed by atoms with Gasteiger partial charge in [0.1, 0.15) is 17.1 Å². The van der Waals surface area contributed by atoms with Crippen molar-refractivity contribution >= 4 is 11.2 Å². The van der Waals surface area contributed by atoms with E-state index in [1.807, 2.05) is 31.2 Å². The van der Waals surface area contributed by atoms with Gasteiger partial charge >= 0.3 is 0 Å². The monoisotopic (exact) mass is 239 g/mol. The molecule has 3 rings (SSSR count). The molecule has 4 nitrogen and oxygen atoms in total. The second-order valence-corrected chi connectivity index (χ2v) is 4.26. The summed E-state index contributed by atoms with van der Waals surface area (Å²) >= 11 is 0. The molecule has 18 heavy (non-hydrogen) atoms. The molecule has 1 aromatic carbocycles. The highest BCUT2D eigenvalue weighted by Gasteiger charge is 2.08. The van der Waals surface area contributed by atoms with Crippen molar-refractivity contribution in [1.29, 1.82) is 0 Å². The number of phenolic OH excluding ortho intramolecular Hbond substituents is 1. The third-order valence-corrected chi connectivity index (χ3v) is 2.97. The number of phenols is 1. The van der Waals surface area contributed by atoms with E-state index >= 15 is 0 Å². The van der Waals surface area contributed by atoms with Crippen LogP contribution in [0, 0.1) is 6.92 Å². The minimum atomic E-state index is 0.282. The lowest BCUT2D eigenvalue weighted by Crippen LogP contribution is -2.02. The van der Waals surface area contributed by atoms with Gasteiger partial charge in [-0.2, -0.15) is 0 Å².